The molecular formula is C10H11NO3S2. The van der Waals surface area contributed by atoms with Crippen molar-refractivity contribution >= 4 is 31.7 Å². The molecule has 1 atom stereocenters. The van der Waals surface area contributed by atoms with Gasteiger partial charge < -0.3 is 0 Å². The predicted octanol–water partition coefficient (Wildman–Crippen LogP) is 2.33. The van der Waals surface area contributed by atoms with Crippen molar-refractivity contribution < 1.29 is 12.6 Å². The summed E-state index contributed by atoms with van der Waals surface area (Å²) in [5.41, 5.74) is 3.51. The van der Waals surface area contributed by atoms with Crippen molar-refractivity contribution in [1.82, 2.24) is 4.98 Å². The van der Waals surface area contributed by atoms with Crippen molar-refractivity contribution in [2.45, 2.75) is 13.0 Å². The van der Waals surface area contributed by atoms with Crippen molar-refractivity contribution in [3.8, 4) is 0 Å². The van der Waals surface area contributed by atoms with Gasteiger partial charge in [0.25, 0.3) is 10.1 Å². The monoisotopic (exact) mass is 257 g/mol. The minimum absolute atomic E-state index is 0.471. The molecule has 0 aliphatic heterocycles. The van der Waals surface area contributed by atoms with E-state index in [1.54, 1.807) is 12.4 Å². The van der Waals surface area contributed by atoms with E-state index in [0.29, 0.717) is 0 Å². The minimum atomic E-state index is -3.42. The van der Waals surface area contributed by atoms with Crippen LogP contribution in [0.1, 0.15) is 18.6 Å². The highest BCUT2D eigenvalue weighted by Gasteiger charge is 2.13. The van der Waals surface area contributed by atoms with Gasteiger partial charge >= 0.3 is 0 Å². The Balaban J connectivity index is 2.32. The summed E-state index contributed by atoms with van der Waals surface area (Å²) in [5, 5.41) is 0. The van der Waals surface area contributed by atoms with Gasteiger partial charge in [0.1, 0.15) is 0 Å². The second-order valence-electron chi connectivity index (χ2n) is 3.52. The Hall–Kier alpha value is -0.980. The van der Waals surface area contributed by atoms with Gasteiger partial charge in [-0.3, -0.25) is 4.18 Å². The summed E-state index contributed by atoms with van der Waals surface area (Å²) in [5.74, 6) is 0. The largest absolute Gasteiger partial charge is 0.264 e. The van der Waals surface area contributed by atoms with Gasteiger partial charge in [-0.2, -0.15) is 8.42 Å². The molecule has 0 saturated carbocycles. The van der Waals surface area contributed by atoms with Crippen molar-refractivity contribution in [1.29, 1.82) is 0 Å². The molecule has 0 aliphatic carbocycles. The van der Waals surface area contributed by atoms with Crippen molar-refractivity contribution in [3.63, 3.8) is 0 Å². The first-order chi connectivity index (χ1) is 7.46. The highest BCUT2D eigenvalue weighted by atomic mass is 32.2. The van der Waals surface area contributed by atoms with Crippen LogP contribution in [0, 0.1) is 0 Å². The lowest BCUT2D eigenvalue weighted by Crippen LogP contribution is -2.07. The topological polar surface area (TPSA) is 56.3 Å². The zero-order valence-corrected chi connectivity index (χ0v) is 10.5. The maximum absolute atomic E-state index is 11.0. The molecule has 4 nitrogen and oxygen atoms in total. The Kier molecular flexibility index (Phi) is 2.96. The fraction of sp³-hybridized carbons (Fsp3) is 0.300. The van der Waals surface area contributed by atoms with Gasteiger partial charge in [-0.05, 0) is 24.6 Å². The first-order valence-corrected chi connectivity index (χ1v) is 7.37. The molecule has 1 aromatic carbocycles. The van der Waals surface area contributed by atoms with Gasteiger partial charge in [0.15, 0.2) is 0 Å². The predicted molar refractivity (Wildman–Crippen MR) is 64.0 cm³/mol. The van der Waals surface area contributed by atoms with E-state index in [2.05, 4.69) is 4.98 Å². The molecule has 1 heterocycles. The number of hydrogen-bond donors (Lipinski definition) is 0. The number of benzene rings is 1. The first kappa shape index (κ1) is 11.5. The molecule has 86 valence electrons. The molecule has 0 aliphatic rings. The number of thiazole rings is 1. The van der Waals surface area contributed by atoms with Crippen molar-refractivity contribution in [2.75, 3.05) is 6.26 Å². The van der Waals surface area contributed by atoms with Gasteiger partial charge in [0.05, 0.1) is 28.1 Å². The van der Waals surface area contributed by atoms with E-state index in [4.69, 9.17) is 4.18 Å². The summed E-state index contributed by atoms with van der Waals surface area (Å²) in [4.78, 5) is 4.15. The average molecular weight is 257 g/mol. The van der Waals surface area contributed by atoms with Crippen LogP contribution in [0.2, 0.25) is 0 Å². The minimum Gasteiger partial charge on any atom is -0.262 e. The molecule has 0 spiro atoms. The number of rotatable bonds is 3. The van der Waals surface area contributed by atoms with Crippen LogP contribution in [0.3, 0.4) is 0 Å². The number of nitrogens with zero attached hydrogens (tertiary/aromatic N) is 1. The van der Waals surface area contributed by atoms with Gasteiger partial charge in [-0.25, -0.2) is 4.98 Å². The molecular weight excluding hydrogens is 246 g/mol. The molecule has 0 fully saturated rings. The van der Waals surface area contributed by atoms with Gasteiger partial charge in [0, 0.05) is 0 Å². The van der Waals surface area contributed by atoms with Crippen LogP contribution in [-0.2, 0) is 14.3 Å². The third-order valence-corrected chi connectivity index (χ3v) is 3.57. The Morgan fingerprint density at radius 2 is 2.19 bits per heavy atom. The Bertz CT molecular complexity index is 603. The molecule has 0 bridgehead atoms. The van der Waals surface area contributed by atoms with Crippen LogP contribution in [0.25, 0.3) is 10.2 Å². The fourth-order valence-electron chi connectivity index (χ4n) is 1.44. The lowest BCUT2D eigenvalue weighted by molar-refractivity contribution is 0.237. The highest BCUT2D eigenvalue weighted by Crippen LogP contribution is 2.25. The quantitative estimate of drug-likeness (QED) is 0.792. The zero-order valence-electron chi connectivity index (χ0n) is 8.88. The van der Waals surface area contributed by atoms with Crippen LogP contribution < -0.4 is 0 Å². The van der Waals surface area contributed by atoms with Crippen LogP contribution in [0.5, 0.6) is 0 Å². The molecule has 1 unspecified atom stereocenters. The van der Waals surface area contributed by atoms with Crippen LogP contribution in [0.4, 0.5) is 0 Å². The SMILES string of the molecule is CC(OS(C)(=O)=O)c1ccc2ncsc2c1. The maximum atomic E-state index is 11.0. The zero-order chi connectivity index (χ0) is 11.8. The first-order valence-electron chi connectivity index (χ1n) is 4.67. The Labute approximate surface area is 98.0 Å². The highest BCUT2D eigenvalue weighted by molar-refractivity contribution is 7.86. The number of fused-ring (bicyclic) bond motifs is 1. The number of hydrogen-bond acceptors (Lipinski definition) is 5. The fourth-order valence-corrected chi connectivity index (χ4v) is 2.80. The van der Waals surface area contributed by atoms with Crippen LogP contribution in [-0.4, -0.2) is 19.7 Å². The summed E-state index contributed by atoms with van der Waals surface area (Å²) >= 11 is 1.52. The summed E-state index contributed by atoms with van der Waals surface area (Å²) in [6.45, 7) is 1.71. The molecule has 16 heavy (non-hydrogen) atoms. The summed E-state index contributed by atoms with van der Waals surface area (Å²) in [6, 6.07) is 5.60. The van der Waals surface area contributed by atoms with Crippen LogP contribution >= 0.6 is 11.3 Å². The number of aromatic nitrogens is 1. The lowest BCUT2D eigenvalue weighted by Gasteiger charge is -2.10. The van der Waals surface area contributed by atoms with E-state index in [1.165, 1.54) is 11.3 Å². The second-order valence-corrected chi connectivity index (χ2v) is 6.01. The van der Waals surface area contributed by atoms with Gasteiger partial charge in [0.2, 0.25) is 0 Å². The molecule has 0 saturated heterocycles. The third-order valence-electron chi connectivity index (χ3n) is 2.14. The molecule has 1 aromatic heterocycles. The summed E-state index contributed by atoms with van der Waals surface area (Å²) in [6.07, 6.45) is 0.579. The molecule has 0 radical (unpaired) electrons. The average Bonchev–Trinajstić information content (AvgIpc) is 2.61. The molecule has 0 N–H and O–H groups in total. The summed E-state index contributed by atoms with van der Waals surface area (Å²) in [7, 11) is -3.42. The normalized spacial score (nSPS) is 14.1. The standard InChI is InChI=1S/C10H11NO3S2/c1-7(14-16(2,12)13)8-3-4-9-10(5-8)15-6-11-9/h3-7H,1-2H3. The van der Waals surface area contributed by atoms with E-state index in [-0.39, 0.29) is 0 Å². The van der Waals surface area contributed by atoms with E-state index in [9.17, 15) is 8.42 Å². The van der Waals surface area contributed by atoms with E-state index >= 15 is 0 Å². The van der Waals surface area contributed by atoms with Gasteiger partial charge in [-0.1, -0.05) is 6.07 Å². The lowest BCUT2D eigenvalue weighted by atomic mass is 10.1. The molecule has 2 rings (SSSR count). The Morgan fingerprint density at radius 1 is 1.44 bits per heavy atom. The maximum Gasteiger partial charge on any atom is 0.264 e. The van der Waals surface area contributed by atoms with E-state index in [1.807, 2.05) is 18.2 Å². The van der Waals surface area contributed by atoms with E-state index in [0.717, 1.165) is 22.0 Å². The third kappa shape index (κ3) is 2.58. The summed E-state index contributed by atoms with van der Waals surface area (Å²) < 4.78 is 27.9. The Morgan fingerprint density at radius 3 is 2.88 bits per heavy atom. The molecule has 2 aromatic rings. The van der Waals surface area contributed by atoms with Gasteiger partial charge in [-0.15, -0.1) is 11.3 Å². The molecule has 6 heteroatoms. The van der Waals surface area contributed by atoms with E-state index < -0.39 is 16.2 Å². The van der Waals surface area contributed by atoms with Crippen molar-refractivity contribution in [2.24, 2.45) is 0 Å². The van der Waals surface area contributed by atoms with Crippen LogP contribution in [0.15, 0.2) is 23.7 Å². The second kappa shape index (κ2) is 4.12. The van der Waals surface area contributed by atoms with Crippen molar-refractivity contribution in [3.05, 3.63) is 29.3 Å². The molecule has 0 amide bonds. The smallest absolute Gasteiger partial charge is 0.262 e.